The number of sulfonamides is 6. The molecular formula is C24H54LaN3O12S6. The molecule has 0 aromatic heterocycles. The van der Waals surface area contributed by atoms with Gasteiger partial charge in [0.15, 0.2) is 0 Å². The second-order valence-corrected chi connectivity index (χ2v) is 30.6. The molecule has 0 saturated carbocycles. The fraction of sp³-hybridized carbons (Fsp3) is 1.00. The van der Waals surface area contributed by atoms with Crippen LogP contribution in [0, 0.1) is 35.6 Å². The summed E-state index contributed by atoms with van der Waals surface area (Å²) in [5.41, 5.74) is 0. The van der Waals surface area contributed by atoms with E-state index in [1.165, 1.54) is 125 Å². The van der Waals surface area contributed by atoms with Crippen molar-refractivity contribution >= 4 is 60.1 Å². The Morgan fingerprint density at radius 1 is 0.239 bits per heavy atom. The first kappa shape index (κ1) is 53.6. The molecule has 0 aliphatic heterocycles. The van der Waals surface area contributed by atoms with Crippen molar-refractivity contribution in [1.82, 2.24) is 0 Å². The average Bonchev–Trinajstić information content (AvgIpc) is 2.61. The molecule has 0 N–H and O–H groups in total. The van der Waals surface area contributed by atoms with Gasteiger partial charge in [-0.25, -0.2) is 50.5 Å². The molecule has 0 rings (SSSR count). The summed E-state index contributed by atoms with van der Waals surface area (Å²) in [4.78, 5) is 0. The van der Waals surface area contributed by atoms with E-state index < -0.39 is 88.6 Å². The summed E-state index contributed by atoms with van der Waals surface area (Å²) in [5, 5.41) is 0. The third-order valence-electron chi connectivity index (χ3n) is 5.23. The molecule has 22 heteroatoms. The molecule has 0 fully saturated rings. The van der Waals surface area contributed by atoms with Gasteiger partial charge >= 0.3 is 35.6 Å². The van der Waals surface area contributed by atoms with Crippen LogP contribution in [-0.2, 0) is 60.1 Å². The van der Waals surface area contributed by atoms with Gasteiger partial charge in [-0.05, 0) is 125 Å². The van der Waals surface area contributed by atoms with Crippen LogP contribution in [0.4, 0.5) is 0 Å². The van der Waals surface area contributed by atoms with Gasteiger partial charge in [0.05, 0.1) is 60.1 Å². The summed E-state index contributed by atoms with van der Waals surface area (Å²) in [6.07, 6.45) is 0. The van der Waals surface area contributed by atoms with Crippen LogP contribution in [-0.4, -0.2) is 79.0 Å². The van der Waals surface area contributed by atoms with E-state index in [4.69, 9.17) is 0 Å². The third kappa shape index (κ3) is 16.2. The predicted molar refractivity (Wildman–Crippen MR) is 182 cm³/mol. The Kier molecular flexibility index (Phi) is 18.6. The Bertz CT molecular complexity index is 1350. The van der Waals surface area contributed by atoms with Crippen LogP contribution in [0.3, 0.4) is 0 Å². The summed E-state index contributed by atoms with van der Waals surface area (Å²) in [6, 6.07) is 0. The van der Waals surface area contributed by atoms with Crippen LogP contribution < -0.4 is 0 Å². The summed E-state index contributed by atoms with van der Waals surface area (Å²) < 4.78 is 141. The summed E-state index contributed by atoms with van der Waals surface area (Å²) in [6.45, 7) is 25.3. The topological polar surface area (TPSA) is 247 Å². The maximum Gasteiger partial charge on any atom is 3.00 e. The van der Waals surface area contributed by atoms with Gasteiger partial charge in [0.2, 0.25) is 0 Å². The molecule has 0 aromatic carbocycles. The second kappa shape index (κ2) is 16.0. The van der Waals surface area contributed by atoms with Crippen molar-refractivity contribution in [1.29, 1.82) is 0 Å². The van der Waals surface area contributed by atoms with Crippen molar-refractivity contribution in [3.05, 3.63) is 12.4 Å². The van der Waals surface area contributed by atoms with Gasteiger partial charge in [0.1, 0.15) is 0 Å². The first-order valence-electron chi connectivity index (χ1n) is 13.3. The number of rotatable bonds is 6. The SMILES string of the molecule is CC(C)(C)S(=O)(=O)[N-]S(=O)(=O)C(C)(C)C.CC(C)(C)S(=O)(=O)[N-]S(=O)(=O)C(C)(C)C.CC(C)(C)S(=O)(=O)[N-]S(=O)(=O)C(C)(C)C.[La+3]. The number of hydrogen-bond acceptors (Lipinski definition) is 12. The van der Waals surface area contributed by atoms with E-state index in [9.17, 15) is 50.5 Å². The van der Waals surface area contributed by atoms with Gasteiger partial charge in [-0.3, -0.25) is 0 Å². The minimum Gasteiger partial charge on any atom is -0.435 e. The van der Waals surface area contributed by atoms with Crippen molar-refractivity contribution in [2.45, 2.75) is 153 Å². The molecule has 0 bridgehead atoms. The standard InChI is InChI=1S/3C8H18NO4S2.La/c3*1-7(2,3)14(10,11)9-15(12,13)8(4,5)6;/h3*1-6H3;/q3*-1;+3. The number of hydrogen-bond donors (Lipinski definition) is 0. The molecule has 0 radical (unpaired) electrons. The molecule has 46 heavy (non-hydrogen) atoms. The molecule has 0 saturated heterocycles. The fourth-order valence-corrected chi connectivity index (χ4v) is 9.53. The molecule has 0 spiro atoms. The van der Waals surface area contributed by atoms with E-state index >= 15 is 0 Å². The van der Waals surface area contributed by atoms with Crippen molar-refractivity contribution in [2.75, 3.05) is 0 Å². The van der Waals surface area contributed by atoms with Crippen molar-refractivity contribution in [2.24, 2.45) is 0 Å². The Morgan fingerprint density at radius 2 is 0.304 bits per heavy atom. The van der Waals surface area contributed by atoms with Crippen LogP contribution in [0.15, 0.2) is 0 Å². The molecule has 0 unspecified atom stereocenters. The second-order valence-electron chi connectivity index (χ2n) is 15.7. The largest absolute Gasteiger partial charge is 3.00 e. The monoisotopic (exact) mass is 907 g/mol. The Labute approximate surface area is 308 Å². The van der Waals surface area contributed by atoms with Gasteiger partial charge in [0, 0.05) is 28.5 Å². The zero-order valence-corrected chi connectivity index (χ0v) is 38.8. The molecular weight excluding hydrogens is 854 g/mol. The van der Waals surface area contributed by atoms with Gasteiger partial charge < -0.3 is 12.4 Å². The van der Waals surface area contributed by atoms with Crippen LogP contribution in [0.2, 0.25) is 0 Å². The van der Waals surface area contributed by atoms with Gasteiger partial charge in [-0.2, -0.15) is 0 Å². The van der Waals surface area contributed by atoms with E-state index in [2.05, 4.69) is 12.4 Å². The molecule has 0 amide bonds. The third-order valence-corrected chi connectivity index (χ3v) is 19.2. The Balaban J connectivity index is -0.000000285. The Morgan fingerprint density at radius 3 is 0.348 bits per heavy atom. The average molecular weight is 908 g/mol. The predicted octanol–water partition coefficient (Wildman–Crippen LogP) is 4.85. The molecule has 0 aliphatic rings. The van der Waals surface area contributed by atoms with Gasteiger partial charge in [-0.1, -0.05) is 0 Å². The minimum atomic E-state index is -4.00. The zero-order chi connectivity index (χ0) is 38.1. The van der Waals surface area contributed by atoms with Crippen molar-refractivity contribution < 1.29 is 86.1 Å². The van der Waals surface area contributed by atoms with Gasteiger partial charge in [-0.15, -0.1) is 0 Å². The fourth-order valence-electron chi connectivity index (χ4n) is 1.06. The minimum absolute atomic E-state index is 0. The maximum atomic E-state index is 11.6. The summed E-state index contributed by atoms with van der Waals surface area (Å²) in [7, 11) is -24.0. The van der Waals surface area contributed by atoms with Crippen LogP contribution in [0.25, 0.3) is 12.4 Å². The quantitative estimate of drug-likeness (QED) is 0.347. The van der Waals surface area contributed by atoms with Crippen LogP contribution >= 0.6 is 0 Å². The van der Waals surface area contributed by atoms with Crippen LogP contribution in [0.1, 0.15) is 125 Å². The first-order valence-corrected chi connectivity index (χ1v) is 22.0. The Hall–Kier alpha value is 0.775. The molecule has 0 aliphatic carbocycles. The smallest absolute Gasteiger partial charge is 0.435 e. The maximum absolute atomic E-state index is 11.6. The number of nitrogens with zero attached hydrogens (tertiary/aromatic N) is 3. The van der Waals surface area contributed by atoms with Crippen molar-refractivity contribution in [3.8, 4) is 0 Å². The van der Waals surface area contributed by atoms with E-state index in [0.717, 1.165) is 0 Å². The van der Waals surface area contributed by atoms with Crippen molar-refractivity contribution in [3.63, 3.8) is 0 Å². The normalized spacial score (nSPS) is 15.0. The molecule has 0 atom stereocenters. The van der Waals surface area contributed by atoms with Crippen LogP contribution in [0.5, 0.6) is 0 Å². The van der Waals surface area contributed by atoms with E-state index in [-0.39, 0.29) is 35.6 Å². The van der Waals surface area contributed by atoms with E-state index in [1.54, 1.807) is 0 Å². The molecule has 0 heterocycles. The van der Waals surface area contributed by atoms with E-state index in [0.29, 0.717) is 0 Å². The molecule has 0 aromatic rings. The van der Waals surface area contributed by atoms with Gasteiger partial charge in [0.25, 0.3) is 0 Å². The molecule has 276 valence electrons. The first-order chi connectivity index (χ1) is 18.6. The molecule has 15 nitrogen and oxygen atoms in total. The zero-order valence-electron chi connectivity index (χ0n) is 30.3. The summed E-state index contributed by atoms with van der Waals surface area (Å²) >= 11 is 0. The summed E-state index contributed by atoms with van der Waals surface area (Å²) in [5.74, 6) is 0. The van der Waals surface area contributed by atoms with E-state index in [1.807, 2.05) is 0 Å².